The number of rotatable bonds is 6. The predicted octanol–water partition coefficient (Wildman–Crippen LogP) is 4.57. The zero-order valence-corrected chi connectivity index (χ0v) is 19.8. The summed E-state index contributed by atoms with van der Waals surface area (Å²) in [4.78, 5) is 16.8. The van der Waals surface area contributed by atoms with E-state index < -0.39 is 11.7 Å². The van der Waals surface area contributed by atoms with E-state index in [0.29, 0.717) is 54.6 Å². The minimum atomic E-state index is -0.560. The second-order valence-electron chi connectivity index (χ2n) is 10.2. The molecule has 2 bridgehead atoms. The lowest BCUT2D eigenvalue weighted by molar-refractivity contribution is -0.0944. The van der Waals surface area contributed by atoms with Crippen molar-refractivity contribution in [1.82, 2.24) is 25.1 Å². The molecular weight excluding hydrogens is 437 g/mol. The molecule has 3 saturated carbocycles. The minimum absolute atomic E-state index is 0.284. The summed E-state index contributed by atoms with van der Waals surface area (Å²) in [6.45, 7) is 7.96. The van der Waals surface area contributed by atoms with Crippen LogP contribution in [0.4, 0.5) is 9.18 Å². The summed E-state index contributed by atoms with van der Waals surface area (Å²) in [5.41, 5.74) is -0.221. The van der Waals surface area contributed by atoms with Crippen LogP contribution in [0.15, 0.2) is 42.6 Å². The Morgan fingerprint density at radius 2 is 1.88 bits per heavy atom. The normalized spacial score (nSPS) is 23.0. The maximum atomic E-state index is 14.9. The molecule has 178 valence electrons. The molecule has 0 radical (unpaired) electrons. The first-order chi connectivity index (χ1) is 16.1. The number of carbonyl (C=O) groups excluding carboxylic acids is 1. The number of halogens is 1. The van der Waals surface area contributed by atoms with Crippen molar-refractivity contribution in [3.63, 3.8) is 0 Å². The van der Waals surface area contributed by atoms with Crippen LogP contribution in [0, 0.1) is 5.82 Å². The molecule has 0 atom stereocenters. The number of hydrogen-bond acceptors (Lipinski definition) is 6. The van der Waals surface area contributed by atoms with Gasteiger partial charge in [0.05, 0.1) is 18.5 Å². The molecule has 34 heavy (non-hydrogen) atoms. The Kier molecular flexibility index (Phi) is 5.11. The zero-order valence-electron chi connectivity index (χ0n) is 19.8. The van der Waals surface area contributed by atoms with Gasteiger partial charge in [-0.25, -0.2) is 14.2 Å². The lowest BCUT2D eigenvalue weighted by Crippen LogP contribution is -2.77. The molecule has 1 aromatic carbocycles. The molecule has 2 heterocycles. The van der Waals surface area contributed by atoms with E-state index in [9.17, 15) is 9.18 Å². The van der Waals surface area contributed by atoms with E-state index in [4.69, 9.17) is 9.47 Å². The van der Waals surface area contributed by atoms with Crippen LogP contribution in [0.5, 0.6) is 5.75 Å². The van der Waals surface area contributed by atoms with E-state index in [-0.39, 0.29) is 16.8 Å². The molecule has 0 unspecified atom stereocenters. The van der Waals surface area contributed by atoms with Gasteiger partial charge in [-0.1, -0.05) is 12.1 Å². The Labute approximate surface area is 197 Å². The van der Waals surface area contributed by atoms with Gasteiger partial charge < -0.3 is 14.8 Å². The van der Waals surface area contributed by atoms with Crippen LogP contribution in [0.2, 0.25) is 0 Å². The van der Waals surface area contributed by atoms with E-state index in [0.717, 1.165) is 0 Å². The molecule has 9 heteroatoms. The molecule has 0 aliphatic heterocycles. The van der Waals surface area contributed by atoms with Gasteiger partial charge in [-0.3, -0.25) is 4.57 Å². The Balaban J connectivity index is 1.46. The average Bonchev–Trinajstić information content (AvgIpc) is 3.14. The summed E-state index contributed by atoms with van der Waals surface area (Å²) < 4.78 is 27.6. The lowest BCUT2D eigenvalue weighted by atomic mass is 9.39. The van der Waals surface area contributed by atoms with E-state index >= 15 is 0 Å². The van der Waals surface area contributed by atoms with Gasteiger partial charge in [-0.05, 0) is 71.2 Å². The van der Waals surface area contributed by atoms with Gasteiger partial charge in [0.15, 0.2) is 5.82 Å². The fourth-order valence-electron chi connectivity index (χ4n) is 5.10. The first-order valence-electron chi connectivity index (χ1n) is 11.4. The van der Waals surface area contributed by atoms with Crippen LogP contribution in [0.3, 0.4) is 0 Å². The number of benzene rings is 1. The van der Waals surface area contributed by atoms with Crippen molar-refractivity contribution in [2.45, 2.75) is 63.5 Å². The topological polar surface area (TPSA) is 91.2 Å². The summed E-state index contributed by atoms with van der Waals surface area (Å²) in [5, 5.41) is 11.9. The summed E-state index contributed by atoms with van der Waals surface area (Å²) in [6.07, 6.45) is 3.29. The van der Waals surface area contributed by atoms with Crippen molar-refractivity contribution in [3.8, 4) is 23.0 Å². The SMILES string of the molecule is CCOc1ccc(-c2nnc(C34CC(NC(=O)OC(C)(C)C)(C3)C4)n2-c2ccccc2F)nc1. The molecule has 0 saturated heterocycles. The highest BCUT2D eigenvalue weighted by Gasteiger charge is 2.71. The molecule has 1 amide bonds. The number of nitrogens with one attached hydrogen (secondary N) is 1. The largest absolute Gasteiger partial charge is 0.492 e. The first-order valence-corrected chi connectivity index (χ1v) is 11.4. The van der Waals surface area contributed by atoms with Gasteiger partial charge in [-0.2, -0.15) is 0 Å². The number of amides is 1. The van der Waals surface area contributed by atoms with Crippen molar-refractivity contribution < 1.29 is 18.7 Å². The number of alkyl carbamates (subject to hydrolysis) is 1. The smallest absolute Gasteiger partial charge is 0.408 e. The monoisotopic (exact) mass is 465 g/mol. The number of para-hydroxylation sites is 1. The maximum absolute atomic E-state index is 14.9. The standard InChI is InChI=1S/C25H28FN5O3/c1-5-33-16-10-11-18(27-12-16)20-29-30-21(31(20)19-9-7-6-8-17(19)26)24-13-25(14-24,15-24)28-22(32)34-23(2,3)4/h6-12H,5,13-15H2,1-4H3,(H,28,32). The number of carbonyl (C=O) groups is 1. The van der Waals surface area contributed by atoms with Gasteiger partial charge >= 0.3 is 6.09 Å². The molecule has 6 rings (SSSR count). The average molecular weight is 466 g/mol. The van der Waals surface area contributed by atoms with Crippen molar-refractivity contribution in [2.75, 3.05) is 6.61 Å². The quantitative estimate of drug-likeness (QED) is 0.574. The van der Waals surface area contributed by atoms with Crippen LogP contribution < -0.4 is 10.1 Å². The van der Waals surface area contributed by atoms with Gasteiger partial charge in [-0.15, -0.1) is 10.2 Å². The number of nitrogens with zero attached hydrogens (tertiary/aromatic N) is 4. The third-order valence-corrected chi connectivity index (χ3v) is 6.30. The van der Waals surface area contributed by atoms with Gasteiger partial charge in [0.2, 0.25) is 0 Å². The van der Waals surface area contributed by atoms with Crippen LogP contribution >= 0.6 is 0 Å². The van der Waals surface area contributed by atoms with E-state index in [1.54, 1.807) is 35.0 Å². The zero-order chi connectivity index (χ0) is 24.1. The second-order valence-corrected chi connectivity index (χ2v) is 10.2. The number of aromatic nitrogens is 4. The maximum Gasteiger partial charge on any atom is 0.408 e. The van der Waals surface area contributed by atoms with E-state index in [2.05, 4.69) is 20.5 Å². The van der Waals surface area contributed by atoms with Crippen LogP contribution in [-0.4, -0.2) is 43.6 Å². The van der Waals surface area contributed by atoms with Crippen molar-refractivity contribution in [3.05, 3.63) is 54.2 Å². The predicted molar refractivity (Wildman–Crippen MR) is 123 cm³/mol. The Hall–Kier alpha value is -3.49. The van der Waals surface area contributed by atoms with Gasteiger partial charge in [0.25, 0.3) is 0 Å². The highest BCUT2D eigenvalue weighted by Crippen LogP contribution is 2.67. The molecule has 2 aromatic heterocycles. The van der Waals surface area contributed by atoms with Crippen molar-refractivity contribution in [2.24, 2.45) is 0 Å². The molecular formula is C25H28FN5O3. The highest BCUT2D eigenvalue weighted by atomic mass is 19.1. The highest BCUT2D eigenvalue weighted by molar-refractivity contribution is 5.70. The molecule has 8 nitrogen and oxygen atoms in total. The summed E-state index contributed by atoms with van der Waals surface area (Å²) in [6, 6.07) is 10.2. The van der Waals surface area contributed by atoms with Gasteiger partial charge in [0.1, 0.15) is 28.7 Å². The number of ether oxygens (including phenoxy) is 2. The third-order valence-electron chi connectivity index (χ3n) is 6.30. The molecule has 3 aliphatic carbocycles. The molecule has 3 fully saturated rings. The summed E-state index contributed by atoms with van der Waals surface area (Å²) in [5.74, 6) is 1.42. The first kappa shape index (κ1) is 22.3. The summed E-state index contributed by atoms with van der Waals surface area (Å²) in [7, 11) is 0. The lowest BCUT2D eigenvalue weighted by Gasteiger charge is -2.69. The molecule has 0 spiro atoms. The van der Waals surface area contributed by atoms with Crippen molar-refractivity contribution >= 4 is 6.09 Å². The Bertz CT molecular complexity index is 1210. The van der Waals surface area contributed by atoms with Crippen LogP contribution in [0.1, 0.15) is 52.8 Å². The van der Waals surface area contributed by atoms with E-state index in [1.165, 1.54) is 6.07 Å². The van der Waals surface area contributed by atoms with E-state index in [1.807, 2.05) is 33.8 Å². The Morgan fingerprint density at radius 1 is 1.15 bits per heavy atom. The Morgan fingerprint density at radius 3 is 2.50 bits per heavy atom. The summed E-state index contributed by atoms with van der Waals surface area (Å²) >= 11 is 0. The molecule has 3 aromatic rings. The third kappa shape index (κ3) is 3.78. The fraction of sp³-hybridized carbons (Fsp3) is 0.440. The van der Waals surface area contributed by atoms with Crippen LogP contribution in [-0.2, 0) is 10.2 Å². The van der Waals surface area contributed by atoms with Gasteiger partial charge in [0, 0.05) is 11.0 Å². The second kappa shape index (κ2) is 7.78. The fourth-order valence-corrected chi connectivity index (χ4v) is 5.10. The van der Waals surface area contributed by atoms with Crippen molar-refractivity contribution in [1.29, 1.82) is 0 Å². The molecule has 3 aliphatic rings. The molecule has 1 N–H and O–H groups in total. The number of hydrogen-bond donors (Lipinski definition) is 1. The number of pyridine rings is 1. The minimum Gasteiger partial charge on any atom is -0.492 e. The van der Waals surface area contributed by atoms with Crippen LogP contribution in [0.25, 0.3) is 17.2 Å².